The van der Waals surface area contributed by atoms with E-state index in [0.717, 1.165) is 56.6 Å². The van der Waals surface area contributed by atoms with E-state index in [1.807, 2.05) is 24.3 Å². The normalized spacial score (nSPS) is 17.0. The maximum Gasteiger partial charge on any atom is 0.191 e. The Morgan fingerprint density at radius 2 is 2.12 bits per heavy atom. The van der Waals surface area contributed by atoms with Crippen LogP contribution in [0.25, 0.3) is 0 Å². The van der Waals surface area contributed by atoms with Gasteiger partial charge in [-0.1, -0.05) is 18.2 Å². The lowest BCUT2D eigenvalue weighted by Gasteiger charge is -2.25. The van der Waals surface area contributed by atoms with Crippen LogP contribution in [0.1, 0.15) is 30.6 Å². The Labute approximate surface area is 143 Å². The Balaban J connectivity index is 1.57. The van der Waals surface area contributed by atoms with Gasteiger partial charge in [0.15, 0.2) is 5.96 Å². The molecule has 0 bridgehead atoms. The molecule has 2 aromatic rings. The summed E-state index contributed by atoms with van der Waals surface area (Å²) in [7, 11) is 0. The molecule has 0 saturated heterocycles. The number of hydrogen-bond acceptors (Lipinski definition) is 3. The van der Waals surface area contributed by atoms with Gasteiger partial charge in [0.1, 0.15) is 11.5 Å². The molecule has 2 heterocycles. The van der Waals surface area contributed by atoms with Gasteiger partial charge in [-0.2, -0.15) is 0 Å². The molecule has 2 N–H and O–H groups in total. The van der Waals surface area contributed by atoms with Gasteiger partial charge in [-0.05, 0) is 37.1 Å². The molecule has 0 spiro atoms. The molecule has 5 nitrogen and oxygen atoms in total. The molecule has 3 rings (SSSR count). The molecular weight excluding hydrogens is 302 g/mol. The van der Waals surface area contributed by atoms with Crippen molar-refractivity contribution in [2.24, 2.45) is 4.99 Å². The summed E-state index contributed by atoms with van der Waals surface area (Å²) in [6.45, 7) is 5.24. The van der Waals surface area contributed by atoms with Gasteiger partial charge < -0.3 is 19.8 Å². The summed E-state index contributed by atoms with van der Waals surface area (Å²) < 4.78 is 11.1. The van der Waals surface area contributed by atoms with E-state index in [2.05, 4.69) is 29.7 Å². The van der Waals surface area contributed by atoms with Crippen LogP contribution in [-0.2, 0) is 6.42 Å². The topological polar surface area (TPSA) is 58.8 Å². The van der Waals surface area contributed by atoms with Crippen LogP contribution in [0.5, 0.6) is 5.75 Å². The molecule has 0 fully saturated rings. The lowest BCUT2D eigenvalue weighted by Crippen LogP contribution is -2.38. The Morgan fingerprint density at radius 3 is 2.96 bits per heavy atom. The smallest absolute Gasteiger partial charge is 0.191 e. The zero-order chi connectivity index (χ0) is 16.6. The van der Waals surface area contributed by atoms with Gasteiger partial charge in [-0.3, -0.25) is 4.99 Å². The van der Waals surface area contributed by atoms with Gasteiger partial charge in [-0.15, -0.1) is 0 Å². The van der Waals surface area contributed by atoms with Gasteiger partial charge in [-0.25, -0.2) is 0 Å². The van der Waals surface area contributed by atoms with E-state index >= 15 is 0 Å². The second-order valence-corrected chi connectivity index (χ2v) is 5.85. The predicted octanol–water partition coefficient (Wildman–Crippen LogP) is 2.94. The standard InChI is InChI=1S/C19H25N3O2/c1-2-20-19(21-11-9-16-6-5-12-23-16)22-14-15-10-13-24-18-8-4-3-7-17(15)18/h3-8,12,15H,2,9-11,13-14H2,1H3,(H2,20,21,22). The summed E-state index contributed by atoms with van der Waals surface area (Å²) in [6, 6.07) is 12.2. The van der Waals surface area contributed by atoms with Crippen molar-refractivity contribution in [2.45, 2.75) is 25.7 Å². The summed E-state index contributed by atoms with van der Waals surface area (Å²) in [4.78, 5) is 4.76. The maximum atomic E-state index is 5.72. The fourth-order valence-corrected chi connectivity index (χ4v) is 2.91. The monoisotopic (exact) mass is 327 g/mol. The zero-order valence-corrected chi connectivity index (χ0v) is 14.1. The third-order valence-electron chi connectivity index (χ3n) is 4.14. The number of benzene rings is 1. The molecule has 1 aromatic heterocycles. The van der Waals surface area contributed by atoms with Crippen molar-refractivity contribution >= 4 is 5.96 Å². The highest BCUT2D eigenvalue weighted by atomic mass is 16.5. The molecule has 0 aliphatic carbocycles. The molecule has 0 radical (unpaired) electrons. The van der Waals surface area contributed by atoms with E-state index in [-0.39, 0.29) is 0 Å². The average molecular weight is 327 g/mol. The first-order valence-electron chi connectivity index (χ1n) is 8.63. The summed E-state index contributed by atoms with van der Waals surface area (Å²) >= 11 is 0. The minimum atomic E-state index is 0.412. The van der Waals surface area contributed by atoms with Crippen LogP contribution in [0.2, 0.25) is 0 Å². The van der Waals surface area contributed by atoms with Gasteiger partial charge in [0.2, 0.25) is 0 Å². The van der Waals surface area contributed by atoms with Gasteiger partial charge in [0.05, 0.1) is 12.9 Å². The van der Waals surface area contributed by atoms with E-state index in [1.54, 1.807) is 6.26 Å². The molecule has 128 valence electrons. The summed E-state index contributed by atoms with van der Waals surface area (Å²) in [5.74, 6) is 3.25. The minimum absolute atomic E-state index is 0.412. The first-order chi connectivity index (χ1) is 11.9. The van der Waals surface area contributed by atoms with Crippen LogP contribution in [0.3, 0.4) is 0 Å². The number of fused-ring (bicyclic) bond motifs is 1. The Kier molecular flexibility index (Phi) is 5.77. The molecule has 1 aromatic carbocycles. The fraction of sp³-hybridized carbons (Fsp3) is 0.421. The third-order valence-corrected chi connectivity index (χ3v) is 4.14. The SMILES string of the molecule is CCNC(=NCC1CCOc2ccccc21)NCCc1ccco1. The van der Waals surface area contributed by atoms with Crippen LogP contribution < -0.4 is 15.4 Å². The first-order valence-corrected chi connectivity index (χ1v) is 8.63. The number of hydrogen-bond donors (Lipinski definition) is 2. The van der Waals surface area contributed by atoms with E-state index < -0.39 is 0 Å². The highest BCUT2D eigenvalue weighted by molar-refractivity contribution is 5.79. The van der Waals surface area contributed by atoms with E-state index in [4.69, 9.17) is 14.1 Å². The Bertz CT molecular complexity index is 652. The van der Waals surface area contributed by atoms with Crippen LogP contribution in [-0.4, -0.2) is 32.2 Å². The number of nitrogens with zero attached hydrogens (tertiary/aromatic N) is 1. The number of para-hydroxylation sites is 1. The number of nitrogens with one attached hydrogen (secondary N) is 2. The quantitative estimate of drug-likeness (QED) is 0.633. The largest absolute Gasteiger partial charge is 0.493 e. The highest BCUT2D eigenvalue weighted by Crippen LogP contribution is 2.33. The molecular formula is C19H25N3O2. The van der Waals surface area contributed by atoms with Crippen LogP contribution >= 0.6 is 0 Å². The molecule has 1 aliphatic heterocycles. The fourth-order valence-electron chi connectivity index (χ4n) is 2.91. The van der Waals surface area contributed by atoms with Crippen molar-refractivity contribution in [3.05, 3.63) is 54.0 Å². The lowest BCUT2D eigenvalue weighted by molar-refractivity contribution is 0.269. The van der Waals surface area contributed by atoms with Crippen LogP contribution in [0, 0.1) is 0 Å². The number of ether oxygens (including phenoxy) is 1. The lowest BCUT2D eigenvalue weighted by atomic mass is 9.93. The summed E-state index contributed by atoms with van der Waals surface area (Å²) in [5, 5.41) is 6.67. The summed E-state index contributed by atoms with van der Waals surface area (Å²) in [5.41, 5.74) is 1.26. The number of furan rings is 1. The average Bonchev–Trinajstić information content (AvgIpc) is 3.13. The third kappa shape index (κ3) is 4.31. The van der Waals surface area contributed by atoms with Gasteiger partial charge in [0.25, 0.3) is 0 Å². The minimum Gasteiger partial charge on any atom is -0.493 e. The van der Waals surface area contributed by atoms with Crippen molar-refractivity contribution in [3.8, 4) is 5.75 Å². The highest BCUT2D eigenvalue weighted by Gasteiger charge is 2.20. The number of guanidine groups is 1. The Morgan fingerprint density at radius 1 is 1.21 bits per heavy atom. The maximum absolute atomic E-state index is 5.72. The van der Waals surface area contributed by atoms with E-state index in [9.17, 15) is 0 Å². The molecule has 1 atom stereocenters. The molecule has 5 heteroatoms. The molecule has 24 heavy (non-hydrogen) atoms. The first kappa shape index (κ1) is 16.4. The second kappa shape index (κ2) is 8.43. The zero-order valence-electron chi connectivity index (χ0n) is 14.1. The molecule has 1 aliphatic rings. The van der Waals surface area contributed by atoms with Crippen molar-refractivity contribution in [2.75, 3.05) is 26.2 Å². The van der Waals surface area contributed by atoms with Gasteiger partial charge >= 0.3 is 0 Å². The number of rotatable bonds is 6. The van der Waals surface area contributed by atoms with Crippen LogP contribution in [0.4, 0.5) is 0 Å². The number of aliphatic imine (C=N–C) groups is 1. The van der Waals surface area contributed by atoms with Crippen molar-refractivity contribution < 1.29 is 9.15 Å². The second-order valence-electron chi connectivity index (χ2n) is 5.85. The van der Waals surface area contributed by atoms with Crippen molar-refractivity contribution in [3.63, 3.8) is 0 Å². The van der Waals surface area contributed by atoms with E-state index in [1.165, 1.54) is 5.56 Å². The van der Waals surface area contributed by atoms with E-state index in [0.29, 0.717) is 5.92 Å². The van der Waals surface area contributed by atoms with Crippen LogP contribution in [0.15, 0.2) is 52.1 Å². The molecule has 1 unspecified atom stereocenters. The van der Waals surface area contributed by atoms with Crippen molar-refractivity contribution in [1.82, 2.24) is 10.6 Å². The van der Waals surface area contributed by atoms with Crippen molar-refractivity contribution in [1.29, 1.82) is 0 Å². The molecule has 0 saturated carbocycles. The predicted molar refractivity (Wildman–Crippen MR) is 95.7 cm³/mol. The Hall–Kier alpha value is -2.43. The van der Waals surface area contributed by atoms with Gasteiger partial charge in [0, 0.05) is 32.0 Å². The summed E-state index contributed by atoms with van der Waals surface area (Å²) in [6.07, 6.45) is 3.56. The molecule has 0 amide bonds.